The van der Waals surface area contributed by atoms with E-state index in [0.29, 0.717) is 12.1 Å². The summed E-state index contributed by atoms with van der Waals surface area (Å²) in [6.07, 6.45) is 1.11. The van der Waals surface area contributed by atoms with Gasteiger partial charge in [0.05, 0.1) is 11.7 Å². The molecule has 21 heavy (non-hydrogen) atoms. The van der Waals surface area contributed by atoms with Gasteiger partial charge < -0.3 is 14.8 Å². The standard InChI is InChI=1S/C16H23NO3S/c1-12(2)20-14-6-4-13(5-7-14)15(18)17-10-16(19-3)8-9-21-11-16/h4-7,12H,8-11H2,1-3H3,(H,17,18). The van der Waals surface area contributed by atoms with Crippen molar-refractivity contribution in [1.82, 2.24) is 5.32 Å². The maximum Gasteiger partial charge on any atom is 0.251 e. The lowest BCUT2D eigenvalue weighted by Gasteiger charge is -2.26. The first kappa shape index (κ1) is 16.2. The molecule has 1 fully saturated rings. The molecule has 1 amide bonds. The summed E-state index contributed by atoms with van der Waals surface area (Å²) in [4.78, 5) is 12.2. The molecule has 1 aromatic rings. The number of carbonyl (C=O) groups is 1. The summed E-state index contributed by atoms with van der Waals surface area (Å²) in [5.74, 6) is 2.73. The van der Waals surface area contributed by atoms with Crippen LogP contribution in [0.25, 0.3) is 0 Å². The van der Waals surface area contributed by atoms with Gasteiger partial charge in [-0.25, -0.2) is 0 Å². The molecule has 0 radical (unpaired) electrons. The van der Waals surface area contributed by atoms with E-state index in [4.69, 9.17) is 9.47 Å². The summed E-state index contributed by atoms with van der Waals surface area (Å²) in [5, 5.41) is 2.97. The Morgan fingerprint density at radius 3 is 2.62 bits per heavy atom. The fourth-order valence-electron chi connectivity index (χ4n) is 2.26. The molecule has 0 aromatic heterocycles. The van der Waals surface area contributed by atoms with Crippen molar-refractivity contribution in [3.05, 3.63) is 29.8 Å². The molecule has 5 heteroatoms. The average Bonchev–Trinajstić information content (AvgIpc) is 2.94. The van der Waals surface area contributed by atoms with Gasteiger partial charge in [-0.05, 0) is 50.3 Å². The van der Waals surface area contributed by atoms with Crippen LogP contribution in [-0.2, 0) is 4.74 Å². The number of carbonyl (C=O) groups excluding carboxylic acids is 1. The normalized spacial score (nSPS) is 21.5. The van der Waals surface area contributed by atoms with Crippen molar-refractivity contribution < 1.29 is 14.3 Å². The van der Waals surface area contributed by atoms with Gasteiger partial charge in [-0.3, -0.25) is 4.79 Å². The number of rotatable bonds is 6. The van der Waals surface area contributed by atoms with Crippen LogP contribution in [0.4, 0.5) is 0 Å². The zero-order chi connectivity index (χ0) is 15.3. The van der Waals surface area contributed by atoms with E-state index < -0.39 is 0 Å². The number of nitrogens with one attached hydrogen (secondary N) is 1. The Hall–Kier alpha value is -1.20. The number of benzene rings is 1. The van der Waals surface area contributed by atoms with Gasteiger partial charge in [0.15, 0.2) is 0 Å². The van der Waals surface area contributed by atoms with Gasteiger partial charge >= 0.3 is 0 Å². The first-order valence-corrected chi connectivity index (χ1v) is 8.38. The van der Waals surface area contributed by atoms with E-state index in [0.717, 1.165) is 23.7 Å². The van der Waals surface area contributed by atoms with Gasteiger partial charge in [-0.2, -0.15) is 11.8 Å². The molecule has 1 saturated heterocycles. The number of thioether (sulfide) groups is 1. The molecule has 2 rings (SSSR count). The van der Waals surface area contributed by atoms with E-state index in [1.165, 1.54) is 0 Å². The maximum atomic E-state index is 12.2. The molecule has 1 aromatic carbocycles. The van der Waals surface area contributed by atoms with Crippen LogP contribution in [0.2, 0.25) is 0 Å². The van der Waals surface area contributed by atoms with Crippen molar-refractivity contribution in [1.29, 1.82) is 0 Å². The van der Waals surface area contributed by atoms with Crippen molar-refractivity contribution in [2.45, 2.75) is 32.0 Å². The van der Waals surface area contributed by atoms with E-state index in [1.54, 1.807) is 19.2 Å². The van der Waals surface area contributed by atoms with Crippen LogP contribution in [-0.4, -0.2) is 42.8 Å². The van der Waals surface area contributed by atoms with Gasteiger partial charge in [0.25, 0.3) is 5.91 Å². The van der Waals surface area contributed by atoms with Crippen molar-refractivity contribution >= 4 is 17.7 Å². The highest BCUT2D eigenvalue weighted by Gasteiger charge is 2.34. The Bertz CT molecular complexity index is 467. The third kappa shape index (κ3) is 4.38. The minimum absolute atomic E-state index is 0.0700. The maximum absolute atomic E-state index is 12.2. The van der Waals surface area contributed by atoms with Gasteiger partial charge in [0, 0.05) is 25.0 Å². The second kappa shape index (κ2) is 7.18. The van der Waals surface area contributed by atoms with Crippen LogP contribution in [0.3, 0.4) is 0 Å². The molecule has 1 unspecified atom stereocenters. The SMILES string of the molecule is COC1(CNC(=O)c2ccc(OC(C)C)cc2)CCSC1. The van der Waals surface area contributed by atoms with E-state index in [1.807, 2.05) is 37.7 Å². The lowest BCUT2D eigenvalue weighted by atomic mass is 10.0. The number of hydrogen-bond donors (Lipinski definition) is 1. The largest absolute Gasteiger partial charge is 0.491 e. The van der Waals surface area contributed by atoms with E-state index in [9.17, 15) is 4.79 Å². The minimum atomic E-state index is -0.207. The monoisotopic (exact) mass is 309 g/mol. The highest BCUT2D eigenvalue weighted by Crippen LogP contribution is 2.30. The molecule has 4 nitrogen and oxygen atoms in total. The summed E-state index contributed by atoms with van der Waals surface area (Å²) in [7, 11) is 1.72. The van der Waals surface area contributed by atoms with Gasteiger partial charge in [-0.15, -0.1) is 0 Å². The van der Waals surface area contributed by atoms with Crippen molar-refractivity contribution in [2.24, 2.45) is 0 Å². The first-order chi connectivity index (χ1) is 10.0. The van der Waals surface area contributed by atoms with E-state index >= 15 is 0 Å². The second-order valence-corrected chi connectivity index (χ2v) is 6.67. The van der Waals surface area contributed by atoms with E-state index in [2.05, 4.69) is 5.32 Å². The predicted molar refractivity (Wildman–Crippen MR) is 86.2 cm³/mol. The van der Waals surface area contributed by atoms with Crippen LogP contribution < -0.4 is 10.1 Å². The predicted octanol–water partition coefficient (Wildman–Crippen LogP) is 2.73. The highest BCUT2D eigenvalue weighted by molar-refractivity contribution is 7.99. The molecule has 1 heterocycles. The second-order valence-electron chi connectivity index (χ2n) is 5.56. The molecule has 1 atom stereocenters. The topological polar surface area (TPSA) is 47.6 Å². The molecule has 0 aliphatic carbocycles. The molecular weight excluding hydrogens is 286 g/mol. The zero-order valence-electron chi connectivity index (χ0n) is 12.8. The number of ether oxygens (including phenoxy) is 2. The molecular formula is C16H23NO3S. The Morgan fingerprint density at radius 2 is 2.10 bits per heavy atom. The quantitative estimate of drug-likeness (QED) is 0.878. The Morgan fingerprint density at radius 1 is 1.38 bits per heavy atom. The van der Waals surface area contributed by atoms with Crippen LogP contribution in [0.5, 0.6) is 5.75 Å². The smallest absolute Gasteiger partial charge is 0.251 e. The third-order valence-electron chi connectivity index (χ3n) is 3.56. The molecule has 1 aliphatic heterocycles. The fraction of sp³-hybridized carbons (Fsp3) is 0.562. The highest BCUT2D eigenvalue weighted by atomic mass is 32.2. The van der Waals surface area contributed by atoms with Gasteiger partial charge in [0.2, 0.25) is 0 Å². The first-order valence-electron chi connectivity index (χ1n) is 7.22. The van der Waals surface area contributed by atoms with Crippen molar-refractivity contribution in [3.63, 3.8) is 0 Å². The molecule has 1 N–H and O–H groups in total. The Labute approximate surface area is 130 Å². The molecule has 116 valence electrons. The molecule has 0 spiro atoms. The lowest BCUT2D eigenvalue weighted by Crippen LogP contribution is -2.44. The van der Waals surface area contributed by atoms with Crippen LogP contribution in [0.15, 0.2) is 24.3 Å². The van der Waals surface area contributed by atoms with E-state index in [-0.39, 0.29) is 17.6 Å². The summed E-state index contributed by atoms with van der Waals surface area (Å²) in [6.45, 7) is 4.51. The number of hydrogen-bond acceptors (Lipinski definition) is 4. The average molecular weight is 309 g/mol. The Balaban J connectivity index is 1.91. The number of methoxy groups -OCH3 is 1. The van der Waals surface area contributed by atoms with Gasteiger partial charge in [0.1, 0.15) is 5.75 Å². The summed E-state index contributed by atoms with van der Waals surface area (Å²) in [6, 6.07) is 7.23. The Kier molecular flexibility index (Phi) is 5.53. The molecule has 0 saturated carbocycles. The molecule has 1 aliphatic rings. The summed E-state index contributed by atoms with van der Waals surface area (Å²) in [5.41, 5.74) is 0.434. The van der Waals surface area contributed by atoms with Crippen molar-refractivity contribution in [2.75, 3.05) is 25.2 Å². The van der Waals surface area contributed by atoms with Crippen molar-refractivity contribution in [3.8, 4) is 5.75 Å². The number of amides is 1. The van der Waals surface area contributed by atoms with Crippen LogP contribution >= 0.6 is 11.8 Å². The van der Waals surface area contributed by atoms with Crippen LogP contribution in [0, 0.1) is 0 Å². The lowest BCUT2D eigenvalue weighted by molar-refractivity contribution is 0.0137. The zero-order valence-corrected chi connectivity index (χ0v) is 13.7. The summed E-state index contributed by atoms with van der Waals surface area (Å²) < 4.78 is 11.2. The third-order valence-corrected chi connectivity index (χ3v) is 4.78. The fourth-order valence-corrected chi connectivity index (χ4v) is 3.66. The molecule has 0 bridgehead atoms. The minimum Gasteiger partial charge on any atom is -0.491 e. The summed E-state index contributed by atoms with van der Waals surface area (Å²) >= 11 is 1.87. The van der Waals surface area contributed by atoms with Gasteiger partial charge in [-0.1, -0.05) is 0 Å². The van der Waals surface area contributed by atoms with Crippen LogP contribution in [0.1, 0.15) is 30.6 Å².